The summed E-state index contributed by atoms with van der Waals surface area (Å²) in [5.74, 6) is -0.00749. The first-order valence-electron chi connectivity index (χ1n) is 7.92. The lowest BCUT2D eigenvalue weighted by molar-refractivity contribution is 0.0931. The molecular weight excluding hydrogens is 340 g/mol. The summed E-state index contributed by atoms with van der Waals surface area (Å²) in [7, 11) is 0. The number of aromatic nitrogens is 1. The van der Waals surface area contributed by atoms with Crippen LogP contribution in [0.4, 0.5) is 0 Å². The summed E-state index contributed by atoms with van der Waals surface area (Å²) in [5, 5.41) is 15.5. The Morgan fingerprint density at radius 1 is 1.38 bits per heavy atom. The van der Waals surface area contributed by atoms with E-state index in [1.54, 1.807) is 6.20 Å². The molecule has 3 heterocycles. The van der Waals surface area contributed by atoms with Crippen molar-refractivity contribution in [2.24, 2.45) is 0 Å². The zero-order chi connectivity index (χ0) is 16.5. The largest absolute Gasteiger partial charge is 0.348 e. The molecule has 1 aromatic carbocycles. The lowest BCUT2D eigenvalue weighted by atomic mass is 9.95. The van der Waals surface area contributed by atoms with Crippen molar-refractivity contribution in [3.8, 4) is 6.07 Å². The maximum absolute atomic E-state index is 12.4. The molecule has 0 unspecified atom stereocenters. The molecule has 2 bridgehead atoms. The fourth-order valence-corrected chi connectivity index (χ4v) is 5.12. The van der Waals surface area contributed by atoms with E-state index in [0.717, 1.165) is 22.1 Å². The predicted octanol–water partition coefficient (Wildman–Crippen LogP) is 2.79. The molecule has 1 amide bonds. The highest BCUT2D eigenvalue weighted by Crippen LogP contribution is 2.31. The van der Waals surface area contributed by atoms with Crippen molar-refractivity contribution in [3.05, 3.63) is 40.9 Å². The summed E-state index contributed by atoms with van der Waals surface area (Å²) in [5.41, 5.74) is 0.680. The minimum atomic E-state index is -0.00749. The van der Waals surface area contributed by atoms with E-state index in [1.807, 2.05) is 24.3 Å². The van der Waals surface area contributed by atoms with Gasteiger partial charge in [0.2, 0.25) is 0 Å². The van der Waals surface area contributed by atoms with Gasteiger partial charge < -0.3 is 10.6 Å². The molecule has 2 N–H and O–H groups in total. The lowest BCUT2D eigenvalue weighted by Gasteiger charge is -2.21. The van der Waals surface area contributed by atoms with Crippen LogP contribution in [0.15, 0.2) is 39.7 Å². The van der Waals surface area contributed by atoms with E-state index in [-0.39, 0.29) is 11.9 Å². The highest BCUT2D eigenvalue weighted by Gasteiger charge is 2.39. The molecule has 0 aliphatic carbocycles. The fraction of sp³-hybridized carbons (Fsp3) is 0.353. The second-order valence-corrected chi connectivity index (χ2v) is 8.44. The summed E-state index contributed by atoms with van der Waals surface area (Å²) in [6, 6.07) is 10.9. The molecule has 2 aliphatic rings. The summed E-state index contributed by atoms with van der Waals surface area (Å²) < 4.78 is 0.830. The fourth-order valence-electron chi connectivity index (χ4n) is 3.37. The summed E-state index contributed by atoms with van der Waals surface area (Å²) in [4.78, 5) is 18.2. The monoisotopic (exact) mass is 356 g/mol. The van der Waals surface area contributed by atoms with Crippen LogP contribution in [0.2, 0.25) is 0 Å². The molecule has 1 aromatic heterocycles. The van der Waals surface area contributed by atoms with Crippen molar-refractivity contribution < 1.29 is 4.79 Å². The average Bonchev–Trinajstić information content (AvgIpc) is 3.32. The number of thiazole rings is 1. The van der Waals surface area contributed by atoms with Crippen LogP contribution in [0.5, 0.6) is 0 Å². The van der Waals surface area contributed by atoms with Crippen LogP contribution in [0, 0.1) is 11.3 Å². The molecule has 2 aliphatic heterocycles. The van der Waals surface area contributed by atoms with Crippen LogP contribution < -0.4 is 10.6 Å². The molecule has 2 aromatic rings. The zero-order valence-corrected chi connectivity index (χ0v) is 14.5. The standard InChI is InChI=1S/C17H16N4OS2/c18-8-13-9-19-17(24-13)23-12-4-1-10(2-5-12)16(22)21-15-7-11-3-6-14(15)20-11/h1-2,4-5,9,11,14-15,20H,3,6-7H2,(H,21,22)/t11-,14+,15-/m1/s1. The first-order valence-corrected chi connectivity index (χ1v) is 9.55. The van der Waals surface area contributed by atoms with E-state index < -0.39 is 0 Å². The van der Waals surface area contributed by atoms with Crippen molar-refractivity contribution in [1.29, 1.82) is 5.26 Å². The van der Waals surface area contributed by atoms with Crippen molar-refractivity contribution in [3.63, 3.8) is 0 Å². The van der Waals surface area contributed by atoms with Crippen molar-refractivity contribution >= 4 is 29.0 Å². The van der Waals surface area contributed by atoms with Crippen LogP contribution in [-0.4, -0.2) is 29.0 Å². The minimum absolute atomic E-state index is 0.00749. The van der Waals surface area contributed by atoms with Gasteiger partial charge in [0.05, 0.1) is 6.20 Å². The maximum Gasteiger partial charge on any atom is 0.251 e. The average molecular weight is 356 g/mol. The molecule has 0 radical (unpaired) electrons. The van der Waals surface area contributed by atoms with Crippen LogP contribution in [0.3, 0.4) is 0 Å². The number of hydrogen-bond acceptors (Lipinski definition) is 6. The molecule has 0 saturated carbocycles. The lowest BCUT2D eigenvalue weighted by Crippen LogP contribution is -2.42. The number of rotatable bonds is 4. The quantitative estimate of drug-likeness (QED) is 0.881. The molecule has 2 saturated heterocycles. The zero-order valence-electron chi connectivity index (χ0n) is 12.9. The molecule has 122 valence electrons. The molecule has 3 atom stereocenters. The van der Waals surface area contributed by atoms with Gasteiger partial charge in [-0.3, -0.25) is 4.79 Å². The summed E-state index contributed by atoms with van der Waals surface area (Å²) >= 11 is 2.87. The molecular formula is C17H16N4OS2. The summed E-state index contributed by atoms with van der Waals surface area (Å²) in [6.45, 7) is 0. The van der Waals surface area contributed by atoms with E-state index in [0.29, 0.717) is 22.5 Å². The number of benzene rings is 1. The van der Waals surface area contributed by atoms with Gasteiger partial charge in [0.15, 0.2) is 4.34 Å². The SMILES string of the molecule is N#Cc1cnc(Sc2ccc(C(=O)N[C@@H]3C[C@H]4CC[C@@H]3N4)cc2)s1. The number of nitrogens with one attached hydrogen (secondary N) is 2. The molecule has 4 rings (SSSR count). The van der Waals surface area contributed by atoms with E-state index >= 15 is 0 Å². The topological polar surface area (TPSA) is 77.8 Å². The van der Waals surface area contributed by atoms with E-state index in [2.05, 4.69) is 21.7 Å². The molecule has 5 nitrogen and oxygen atoms in total. The third-order valence-electron chi connectivity index (χ3n) is 4.53. The first kappa shape index (κ1) is 15.6. The normalized spacial score (nSPS) is 24.7. The maximum atomic E-state index is 12.4. The number of fused-ring (bicyclic) bond motifs is 2. The van der Waals surface area contributed by atoms with Crippen molar-refractivity contribution in [2.45, 2.75) is 46.6 Å². The second kappa shape index (κ2) is 6.55. The number of amides is 1. The second-order valence-electron chi connectivity index (χ2n) is 6.09. The Morgan fingerprint density at radius 2 is 2.21 bits per heavy atom. The van der Waals surface area contributed by atoms with Gasteiger partial charge in [-0.15, -0.1) is 0 Å². The van der Waals surface area contributed by atoms with Gasteiger partial charge in [0.25, 0.3) is 5.91 Å². The number of nitriles is 1. The van der Waals surface area contributed by atoms with Crippen LogP contribution in [0.1, 0.15) is 34.5 Å². The van der Waals surface area contributed by atoms with Gasteiger partial charge >= 0.3 is 0 Å². The van der Waals surface area contributed by atoms with Gasteiger partial charge in [-0.25, -0.2) is 4.98 Å². The van der Waals surface area contributed by atoms with Gasteiger partial charge in [-0.2, -0.15) is 5.26 Å². The predicted molar refractivity (Wildman–Crippen MR) is 93.2 cm³/mol. The van der Waals surface area contributed by atoms with Crippen LogP contribution in [-0.2, 0) is 0 Å². The van der Waals surface area contributed by atoms with E-state index in [1.165, 1.54) is 29.5 Å². The number of hydrogen-bond donors (Lipinski definition) is 2. The third kappa shape index (κ3) is 3.18. The molecule has 0 spiro atoms. The van der Waals surface area contributed by atoms with E-state index in [4.69, 9.17) is 5.26 Å². The smallest absolute Gasteiger partial charge is 0.251 e. The highest BCUT2D eigenvalue weighted by atomic mass is 32.2. The van der Waals surface area contributed by atoms with Crippen LogP contribution >= 0.6 is 23.1 Å². The Kier molecular flexibility index (Phi) is 4.27. The molecule has 2 fully saturated rings. The van der Waals surface area contributed by atoms with Crippen molar-refractivity contribution in [1.82, 2.24) is 15.6 Å². The Hall–Kier alpha value is -1.88. The van der Waals surface area contributed by atoms with Gasteiger partial charge in [0.1, 0.15) is 10.9 Å². The molecule has 24 heavy (non-hydrogen) atoms. The number of nitrogens with zero attached hydrogens (tertiary/aromatic N) is 2. The first-order chi connectivity index (χ1) is 11.7. The van der Waals surface area contributed by atoms with Crippen molar-refractivity contribution in [2.75, 3.05) is 0 Å². The molecule has 7 heteroatoms. The number of carbonyl (C=O) groups excluding carboxylic acids is 1. The minimum Gasteiger partial charge on any atom is -0.348 e. The number of carbonyl (C=O) groups is 1. The third-order valence-corrected chi connectivity index (χ3v) is 6.52. The Morgan fingerprint density at radius 3 is 2.83 bits per heavy atom. The summed E-state index contributed by atoms with van der Waals surface area (Å²) in [6.07, 6.45) is 5.00. The Labute approximate surface area is 148 Å². The van der Waals surface area contributed by atoms with Gasteiger partial charge in [-0.1, -0.05) is 23.1 Å². The highest BCUT2D eigenvalue weighted by molar-refractivity contribution is 8.01. The Bertz CT molecular complexity index is 796. The Balaban J connectivity index is 1.38. The van der Waals surface area contributed by atoms with E-state index in [9.17, 15) is 4.79 Å². The van der Waals surface area contributed by atoms with Gasteiger partial charge in [0, 0.05) is 28.6 Å². The van der Waals surface area contributed by atoms with Crippen LogP contribution in [0.25, 0.3) is 0 Å². The van der Waals surface area contributed by atoms with Gasteiger partial charge in [-0.05, 0) is 43.5 Å².